The van der Waals surface area contributed by atoms with Crippen molar-refractivity contribution < 1.29 is 9.66 Å². The molecule has 20 heavy (non-hydrogen) atoms. The third-order valence-corrected chi connectivity index (χ3v) is 2.72. The third kappa shape index (κ3) is 3.11. The average molecular weight is 271 g/mol. The number of nitro benzene ring substituents is 1. The Balaban J connectivity index is 2.13. The van der Waals surface area contributed by atoms with Gasteiger partial charge in [0.1, 0.15) is 6.61 Å². The van der Waals surface area contributed by atoms with Gasteiger partial charge in [-0.25, -0.2) is 0 Å². The smallest absolute Gasteiger partial charge is 0.270 e. The molecule has 0 saturated heterocycles. The van der Waals surface area contributed by atoms with Crippen LogP contribution in [0.3, 0.4) is 0 Å². The van der Waals surface area contributed by atoms with Crippen molar-refractivity contribution in [1.29, 1.82) is 5.41 Å². The molecule has 0 atom stereocenters. The molecule has 0 radical (unpaired) electrons. The number of nitrogen functional groups attached to an aromatic ring is 1. The van der Waals surface area contributed by atoms with E-state index >= 15 is 0 Å². The molecule has 0 aliphatic heterocycles. The van der Waals surface area contributed by atoms with Crippen LogP contribution in [0, 0.1) is 15.5 Å². The Morgan fingerprint density at radius 3 is 2.60 bits per heavy atom. The van der Waals surface area contributed by atoms with Crippen molar-refractivity contribution in [2.45, 2.75) is 6.61 Å². The number of nitro groups is 1. The molecule has 2 aromatic carbocycles. The van der Waals surface area contributed by atoms with Crippen LogP contribution in [0.25, 0.3) is 0 Å². The summed E-state index contributed by atoms with van der Waals surface area (Å²) in [7, 11) is 0. The number of hydrogen-bond acceptors (Lipinski definition) is 5. The van der Waals surface area contributed by atoms with Crippen LogP contribution >= 0.6 is 0 Å². The van der Waals surface area contributed by atoms with E-state index in [-0.39, 0.29) is 29.4 Å². The normalized spacial score (nSPS) is 10.0. The number of nitrogens with one attached hydrogen (secondary N) is 1. The van der Waals surface area contributed by atoms with E-state index in [4.69, 9.17) is 15.9 Å². The molecule has 0 heterocycles. The molecule has 0 spiro atoms. The Bertz CT molecular complexity index is 641. The van der Waals surface area contributed by atoms with E-state index in [0.717, 1.165) is 5.56 Å². The minimum atomic E-state index is -0.534. The molecule has 0 saturated carbocycles. The maximum Gasteiger partial charge on any atom is 0.270 e. The van der Waals surface area contributed by atoms with E-state index in [9.17, 15) is 10.1 Å². The summed E-state index contributed by atoms with van der Waals surface area (Å²) in [5.74, 6) is -0.185. The van der Waals surface area contributed by atoms with E-state index in [0.29, 0.717) is 0 Å². The fourth-order valence-electron chi connectivity index (χ4n) is 1.66. The van der Waals surface area contributed by atoms with Crippen LogP contribution in [0.15, 0.2) is 48.5 Å². The number of nitrogens with zero attached hydrogens (tertiary/aromatic N) is 1. The molecule has 2 aromatic rings. The third-order valence-electron chi connectivity index (χ3n) is 2.72. The number of benzene rings is 2. The Morgan fingerprint density at radius 2 is 1.95 bits per heavy atom. The van der Waals surface area contributed by atoms with Gasteiger partial charge in [0.05, 0.1) is 10.5 Å². The first-order valence-corrected chi connectivity index (χ1v) is 5.87. The second kappa shape index (κ2) is 5.83. The average Bonchev–Trinajstić information content (AvgIpc) is 2.46. The second-order valence-electron chi connectivity index (χ2n) is 4.13. The first-order chi connectivity index (χ1) is 9.58. The van der Waals surface area contributed by atoms with Crippen molar-refractivity contribution in [3.05, 3.63) is 69.8 Å². The largest absolute Gasteiger partial charge is 0.473 e. The van der Waals surface area contributed by atoms with Gasteiger partial charge in [0.2, 0.25) is 5.90 Å². The SMILES string of the molecule is N=C(OCc1ccccc1)c1cc([N+](=O)[O-])ccc1N. The molecular formula is C14H13N3O3. The van der Waals surface area contributed by atoms with Crippen LogP contribution in [0.1, 0.15) is 11.1 Å². The molecule has 6 nitrogen and oxygen atoms in total. The van der Waals surface area contributed by atoms with Crippen LogP contribution in [0.2, 0.25) is 0 Å². The highest BCUT2D eigenvalue weighted by Gasteiger charge is 2.13. The predicted octanol–water partition coefficient (Wildman–Crippen LogP) is 2.72. The van der Waals surface area contributed by atoms with Crippen molar-refractivity contribution in [1.82, 2.24) is 0 Å². The predicted molar refractivity (Wildman–Crippen MR) is 75.6 cm³/mol. The Morgan fingerprint density at radius 1 is 1.25 bits per heavy atom. The number of nitrogens with two attached hydrogens (primary N) is 1. The van der Waals surface area contributed by atoms with Gasteiger partial charge < -0.3 is 10.5 Å². The van der Waals surface area contributed by atoms with Gasteiger partial charge in [0.25, 0.3) is 5.69 Å². The number of hydrogen-bond donors (Lipinski definition) is 2. The van der Waals surface area contributed by atoms with Gasteiger partial charge in [0.15, 0.2) is 0 Å². The maximum atomic E-state index is 10.7. The summed E-state index contributed by atoms with van der Waals surface area (Å²) < 4.78 is 5.31. The summed E-state index contributed by atoms with van der Waals surface area (Å²) in [5, 5.41) is 18.6. The first kappa shape index (κ1) is 13.5. The lowest BCUT2D eigenvalue weighted by Gasteiger charge is -2.09. The van der Waals surface area contributed by atoms with Crippen LogP contribution < -0.4 is 5.73 Å². The number of rotatable bonds is 4. The van der Waals surface area contributed by atoms with E-state index in [1.54, 1.807) is 0 Å². The minimum Gasteiger partial charge on any atom is -0.473 e. The second-order valence-corrected chi connectivity index (χ2v) is 4.13. The highest BCUT2D eigenvalue weighted by molar-refractivity contribution is 5.97. The van der Waals surface area contributed by atoms with Gasteiger partial charge in [-0.05, 0) is 11.6 Å². The molecule has 102 valence electrons. The van der Waals surface area contributed by atoms with Gasteiger partial charge in [-0.2, -0.15) is 0 Å². The lowest BCUT2D eigenvalue weighted by molar-refractivity contribution is -0.384. The summed E-state index contributed by atoms with van der Waals surface area (Å²) in [4.78, 5) is 10.2. The molecule has 0 fully saturated rings. The Labute approximate surface area is 115 Å². The van der Waals surface area contributed by atoms with Gasteiger partial charge in [-0.3, -0.25) is 15.5 Å². The summed E-state index contributed by atoms with van der Waals surface area (Å²) >= 11 is 0. The summed E-state index contributed by atoms with van der Waals surface area (Å²) in [6.45, 7) is 0.210. The molecular weight excluding hydrogens is 258 g/mol. The maximum absolute atomic E-state index is 10.7. The monoisotopic (exact) mass is 271 g/mol. The van der Waals surface area contributed by atoms with Crippen molar-refractivity contribution in [2.75, 3.05) is 5.73 Å². The zero-order valence-electron chi connectivity index (χ0n) is 10.6. The van der Waals surface area contributed by atoms with Gasteiger partial charge >= 0.3 is 0 Å². The Kier molecular flexibility index (Phi) is 3.95. The molecule has 0 aromatic heterocycles. The lowest BCUT2D eigenvalue weighted by Crippen LogP contribution is -2.09. The van der Waals surface area contributed by atoms with E-state index in [1.165, 1.54) is 18.2 Å². The van der Waals surface area contributed by atoms with Gasteiger partial charge in [-0.15, -0.1) is 0 Å². The molecule has 0 bridgehead atoms. The number of anilines is 1. The fourth-order valence-corrected chi connectivity index (χ4v) is 1.66. The van der Waals surface area contributed by atoms with Crippen molar-refractivity contribution in [3.8, 4) is 0 Å². The van der Waals surface area contributed by atoms with E-state index in [1.807, 2.05) is 30.3 Å². The highest BCUT2D eigenvalue weighted by atomic mass is 16.6. The van der Waals surface area contributed by atoms with Crippen LogP contribution in [0.4, 0.5) is 11.4 Å². The molecule has 3 N–H and O–H groups in total. The lowest BCUT2D eigenvalue weighted by atomic mass is 10.1. The standard InChI is InChI=1S/C14H13N3O3/c15-13-7-6-11(17(18)19)8-12(13)14(16)20-9-10-4-2-1-3-5-10/h1-8,16H,9,15H2. The van der Waals surface area contributed by atoms with E-state index < -0.39 is 4.92 Å². The summed E-state index contributed by atoms with van der Waals surface area (Å²) in [6.07, 6.45) is 0. The quantitative estimate of drug-likeness (QED) is 0.293. The van der Waals surface area contributed by atoms with Crippen molar-refractivity contribution in [2.24, 2.45) is 0 Å². The first-order valence-electron chi connectivity index (χ1n) is 5.87. The van der Waals surface area contributed by atoms with Crippen molar-refractivity contribution in [3.63, 3.8) is 0 Å². The topological polar surface area (TPSA) is 102 Å². The van der Waals surface area contributed by atoms with Gasteiger partial charge in [0, 0.05) is 17.8 Å². The molecule has 0 amide bonds. The molecule has 6 heteroatoms. The van der Waals surface area contributed by atoms with Crippen LogP contribution in [-0.2, 0) is 11.3 Å². The molecule has 0 aliphatic rings. The summed E-state index contributed by atoms with van der Waals surface area (Å²) in [5.41, 5.74) is 6.99. The van der Waals surface area contributed by atoms with Crippen LogP contribution in [-0.4, -0.2) is 10.8 Å². The number of non-ortho nitro benzene ring substituents is 1. The highest BCUT2D eigenvalue weighted by Crippen LogP contribution is 2.20. The summed E-state index contributed by atoms with van der Waals surface area (Å²) in [6, 6.07) is 13.3. The van der Waals surface area contributed by atoms with Crippen molar-refractivity contribution >= 4 is 17.3 Å². The minimum absolute atomic E-state index is 0.123. The van der Waals surface area contributed by atoms with Gasteiger partial charge in [-0.1, -0.05) is 30.3 Å². The van der Waals surface area contributed by atoms with Crippen LogP contribution in [0.5, 0.6) is 0 Å². The fraction of sp³-hybridized carbons (Fsp3) is 0.0714. The molecule has 0 unspecified atom stereocenters. The number of ether oxygens (including phenoxy) is 1. The molecule has 0 aliphatic carbocycles. The Hall–Kier alpha value is -2.89. The zero-order valence-corrected chi connectivity index (χ0v) is 10.6. The molecule has 2 rings (SSSR count). The van der Waals surface area contributed by atoms with E-state index in [2.05, 4.69) is 0 Å². The zero-order chi connectivity index (χ0) is 14.5.